The first-order valence-electron chi connectivity index (χ1n) is 5.62. The van der Waals surface area contributed by atoms with Crippen molar-refractivity contribution in [2.45, 2.75) is 25.8 Å². The van der Waals surface area contributed by atoms with E-state index in [0.29, 0.717) is 10.9 Å². The van der Waals surface area contributed by atoms with E-state index in [4.69, 9.17) is 0 Å². The number of carbonyl (C=O) groups is 1. The Hall–Kier alpha value is -1.01. The van der Waals surface area contributed by atoms with Gasteiger partial charge in [-0.25, -0.2) is 0 Å². The molecule has 6 heteroatoms. The topological polar surface area (TPSA) is 58.1 Å². The second-order valence-electron chi connectivity index (χ2n) is 3.87. The first-order valence-corrected chi connectivity index (χ1v) is 6.39. The Morgan fingerprint density at radius 1 is 1.75 bits per heavy atom. The maximum atomic E-state index is 12.2. The molecule has 1 N–H and O–H groups in total. The number of rotatable bonds is 3. The smallest absolute Gasteiger partial charge is 0.267 e. The van der Waals surface area contributed by atoms with E-state index in [1.807, 2.05) is 11.8 Å². The zero-order chi connectivity index (χ0) is 11.4. The standard InChI is InChI=1S/C10H16N4OS/c1-2-14(8-4-3-5-11-6-8)10(15)9-7-12-13-16-9/h7-8,11H,2-6H2,1H3. The minimum atomic E-state index is 0.0613. The SMILES string of the molecule is CCN(C(=O)c1cnns1)C1CCCNC1. The van der Waals surface area contributed by atoms with E-state index in [9.17, 15) is 4.79 Å². The van der Waals surface area contributed by atoms with Crippen LogP contribution in [-0.2, 0) is 0 Å². The van der Waals surface area contributed by atoms with Crippen LogP contribution in [0.5, 0.6) is 0 Å². The quantitative estimate of drug-likeness (QED) is 0.847. The molecule has 1 atom stereocenters. The molecular weight excluding hydrogens is 224 g/mol. The average molecular weight is 240 g/mol. The number of hydrogen-bond donors (Lipinski definition) is 1. The summed E-state index contributed by atoms with van der Waals surface area (Å²) >= 11 is 1.17. The molecule has 0 radical (unpaired) electrons. The van der Waals surface area contributed by atoms with Gasteiger partial charge in [-0.05, 0) is 37.8 Å². The van der Waals surface area contributed by atoms with Gasteiger partial charge in [0.2, 0.25) is 0 Å². The van der Waals surface area contributed by atoms with Crippen LogP contribution in [0.1, 0.15) is 29.4 Å². The third-order valence-corrected chi connectivity index (χ3v) is 3.54. The van der Waals surface area contributed by atoms with Gasteiger partial charge < -0.3 is 10.2 Å². The van der Waals surface area contributed by atoms with E-state index in [-0.39, 0.29) is 5.91 Å². The molecule has 1 aliphatic heterocycles. The largest absolute Gasteiger partial charge is 0.334 e. The third-order valence-electron chi connectivity index (χ3n) is 2.89. The molecule has 1 aromatic rings. The van der Waals surface area contributed by atoms with Gasteiger partial charge in [-0.1, -0.05) is 4.49 Å². The van der Waals surface area contributed by atoms with Crippen LogP contribution in [0.3, 0.4) is 0 Å². The molecule has 5 nitrogen and oxygen atoms in total. The molecule has 0 spiro atoms. The molecule has 0 aliphatic carbocycles. The zero-order valence-corrected chi connectivity index (χ0v) is 10.2. The fourth-order valence-corrected chi connectivity index (χ4v) is 2.54. The van der Waals surface area contributed by atoms with Crippen LogP contribution in [0, 0.1) is 0 Å². The Morgan fingerprint density at radius 2 is 2.62 bits per heavy atom. The molecule has 2 heterocycles. The highest BCUT2D eigenvalue weighted by Crippen LogP contribution is 2.15. The molecule has 1 fully saturated rings. The van der Waals surface area contributed by atoms with Crippen LogP contribution in [-0.4, -0.2) is 46.1 Å². The Kier molecular flexibility index (Phi) is 3.84. The first-order chi connectivity index (χ1) is 7.83. The van der Waals surface area contributed by atoms with Crippen LogP contribution < -0.4 is 5.32 Å². The highest BCUT2D eigenvalue weighted by atomic mass is 32.1. The lowest BCUT2D eigenvalue weighted by Crippen LogP contribution is -2.48. The van der Waals surface area contributed by atoms with Gasteiger partial charge in [0.15, 0.2) is 0 Å². The van der Waals surface area contributed by atoms with Crippen LogP contribution in [0.25, 0.3) is 0 Å². The van der Waals surface area contributed by atoms with Crippen molar-refractivity contribution in [1.29, 1.82) is 0 Å². The minimum Gasteiger partial charge on any atom is -0.334 e. The summed E-state index contributed by atoms with van der Waals surface area (Å²) in [5, 5.41) is 7.04. The van der Waals surface area contributed by atoms with E-state index in [1.54, 1.807) is 6.20 Å². The predicted molar refractivity (Wildman–Crippen MR) is 62.5 cm³/mol. The summed E-state index contributed by atoms with van der Waals surface area (Å²) in [4.78, 5) is 14.7. The van der Waals surface area contributed by atoms with Crippen LogP contribution in [0.2, 0.25) is 0 Å². The van der Waals surface area contributed by atoms with Crippen molar-refractivity contribution in [3.05, 3.63) is 11.1 Å². The summed E-state index contributed by atoms with van der Waals surface area (Å²) in [5.41, 5.74) is 0. The molecule has 1 unspecified atom stereocenters. The lowest BCUT2D eigenvalue weighted by Gasteiger charge is -2.33. The molecule has 16 heavy (non-hydrogen) atoms. The molecule has 1 amide bonds. The Labute approximate surface area is 99.0 Å². The van der Waals surface area contributed by atoms with Crippen molar-refractivity contribution in [2.24, 2.45) is 0 Å². The van der Waals surface area contributed by atoms with Gasteiger partial charge >= 0.3 is 0 Å². The van der Waals surface area contributed by atoms with Gasteiger partial charge in [0.25, 0.3) is 5.91 Å². The number of piperidine rings is 1. The van der Waals surface area contributed by atoms with E-state index >= 15 is 0 Å². The van der Waals surface area contributed by atoms with E-state index < -0.39 is 0 Å². The second-order valence-corrected chi connectivity index (χ2v) is 4.66. The fourth-order valence-electron chi connectivity index (χ4n) is 2.07. The molecule has 1 saturated heterocycles. The number of nitrogens with one attached hydrogen (secondary N) is 1. The molecule has 0 bridgehead atoms. The predicted octanol–water partition coefficient (Wildman–Crippen LogP) is 0.752. The van der Waals surface area contributed by atoms with Gasteiger partial charge in [-0.3, -0.25) is 4.79 Å². The number of amides is 1. The maximum absolute atomic E-state index is 12.2. The minimum absolute atomic E-state index is 0.0613. The molecular formula is C10H16N4OS. The fraction of sp³-hybridized carbons (Fsp3) is 0.700. The molecule has 1 aromatic heterocycles. The maximum Gasteiger partial charge on any atom is 0.267 e. The van der Waals surface area contributed by atoms with Crippen molar-refractivity contribution in [2.75, 3.05) is 19.6 Å². The number of nitrogens with zero attached hydrogens (tertiary/aromatic N) is 3. The van der Waals surface area contributed by atoms with Crippen molar-refractivity contribution in [3.8, 4) is 0 Å². The first kappa shape index (κ1) is 11.5. The lowest BCUT2D eigenvalue weighted by atomic mass is 10.1. The number of likely N-dealkylation sites (N-methyl/N-ethyl adjacent to an activating group) is 1. The van der Waals surface area contributed by atoms with Crippen LogP contribution in [0.4, 0.5) is 0 Å². The van der Waals surface area contributed by atoms with Gasteiger partial charge in [0, 0.05) is 19.1 Å². The Bertz CT molecular complexity index is 335. The van der Waals surface area contributed by atoms with Gasteiger partial charge in [0.05, 0.1) is 6.20 Å². The summed E-state index contributed by atoms with van der Waals surface area (Å²) in [6, 6.07) is 0.313. The molecule has 1 aliphatic rings. The monoisotopic (exact) mass is 240 g/mol. The van der Waals surface area contributed by atoms with E-state index in [2.05, 4.69) is 14.9 Å². The highest BCUT2D eigenvalue weighted by molar-refractivity contribution is 7.07. The Balaban J connectivity index is 2.06. The van der Waals surface area contributed by atoms with E-state index in [0.717, 1.165) is 32.5 Å². The average Bonchev–Trinajstić information content (AvgIpc) is 2.85. The number of hydrogen-bond acceptors (Lipinski definition) is 5. The summed E-state index contributed by atoms with van der Waals surface area (Å²) in [6.45, 7) is 4.71. The van der Waals surface area contributed by atoms with Crippen LogP contribution in [0.15, 0.2) is 6.20 Å². The normalized spacial score (nSPS) is 20.7. The van der Waals surface area contributed by atoms with Crippen molar-refractivity contribution >= 4 is 17.4 Å². The lowest BCUT2D eigenvalue weighted by molar-refractivity contribution is 0.0667. The third kappa shape index (κ3) is 2.38. The number of carbonyl (C=O) groups excluding carboxylic acids is 1. The molecule has 0 aromatic carbocycles. The van der Waals surface area contributed by atoms with Crippen molar-refractivity contribution in [3.63, 3.8) is 0 Å². The van der Waals surface area contributed by atoms with Gasteiger partial charge in [-0.15, -0.1) is 5.10 Å². The van der Waals surface area contributed by atoms with Gasteiger partial charge in [-0.2, -0.15) is 0 Å². The van der Waals surface area contributed by atoms with Crippen molar-refractivity contribution < 1.29 is 4.79 Å². The van der Waals surface area contributed by atoms with Crippen molar-refractivity contribution in [1.82, 2.24) is 19.8 Å². The van der Waals surface area contributed by atoms with Crippen LogP contribution >= 0.6 is 11.5 Å². The second kappa shape index (κ2) is 5.36. The molecule has 88 valence electrons. The highest BCUT2D eigenvalue weighted by Gasteiger charge is 2.25. The Morgan fingerprint density at radius 3 is 3.19 bits per heavy atom. The molecule has 0 saturated carbocycles. The summed E-state index contributed by atoms with van der Waals surface area (Å²) in [6.07, 6.45) is 3.76. The van der Waals surface area contributed by atoms with E-state index in [1.165, 1.54) is 11.5 Å². The molecule has 2 rings (SSSR count). The summed E-state index contributed by atoms with van der Waals surface area (Å²) < 4.78 is 3.73. The zero-order valence-electron chi connectivity index (χ0n) is 9.35. The van der Waals surface area contributed by atoms with Gasteiger partial charge in [0.1, 0.15) is 4.88 Å². The summed E-state index contributed by atoms with van der Waals surface area (Å²) in [7, 11) is 0. The summed E-state index contributed by atoms with van der Waals surface area (Å²) in [5.74, 6) is 0.0613. The number of aromatic nitrogens is 2.